The van der Waals surface area contributed by atoms with Gasteiger partial charge in [0.1, 0.15) is 11.4 Å². The van der Waals surface area contributed by atoms with Gasteiger partial charge in [-0.25, -0.2) is 0 Å². The Balaban J connectivity index is 1.62. The highest BCUT2D eigenvalue weighted by atomic mass is 32.2. The zero-order valence-corrected chi connectivity index (χ0v) is 17.5. The second-order valence-corrected chi connectivity index (χ2v) is 8.59. The molecular formula is C23H28N2O2S. The van der Waals surface area contributed by atoms with Gasteiger partial charge in [0.15, 0.2) is 0 Å². The molecule has 1 fully saturated rings. The highest BCUT2D eigenvalue weighted by Crippen LogP contribution is 2.41. The van der Waals surface area contributed by atoms with E-state index in [0.29, 0.717) is 5.75 Å². The van der Waals surface area contributed by atoms with Gasteiger partial charge < -0.3 is 10.2 Å². The maximum Gasteiger partial charge on any atom is 0.243 e. The van der Waals surface area contributed by atoms with Crippen molar-refractivity contribution in [3.05, 3.63) is 71.3 Å². The van der Waals surface area contributed by atoms with Crippen molar-refractivity contribution in [2.24, 2.45) is 0 Å². The quantitative estimate of drug-likeness (QED) is 0.800. The SMILES string of the molecule is CC(=O)N1C(C(=O)NC(C)CCc2ccccc2)CSC1c1ccc(C)cc1. The Labute approximate surface area is 171 Å². The molecule has 0 aromatic heterocycles. The van der Waals surface area contributed by atoms with Gasteiger partial charge in [-0.3, -0.25) is 9.59 Å². The Morgan fingerprint density at radius 1 is 1.14 bits per heavy atom. The topological polar surface area (TPSA) is 49.4 Å². The van der Waals surface area contributed by atoms with Crippen molar-refractivity contribution in [1.82, 2.24) is 10.2 Å². The Hall–Kier alpha value is -2.27. The summed E-state index contributed by atoms with van der Waals surface area (Å²) < 4.78 is 0. The molecule has 3 atom stereocenters. The molecule has 1 aliphatic rings. The summed E-state index contributed by atoms with van der Waals surface area (Å²) in [4.78, 5) is 27.0. The molecule has 3 rings (SSSR count). The number of rotatable bonds is 6. The first-order valence-corrected chi connectivity index (χ1v) is 10.8. The van der Waals surface area contributed by atoms with E-state index < -0.39 is 6.04 Å². The molecule has 148 valence electrons. The number of aryl methyl sites for hydroxylation is 2. The zero-order valence-electron chi connectivity index (χ0n) is 16.7. The highest BCUT2D eigenvalue weighted by molar-refractivity contribution is 7.99. The van der Waals surface area contributed by atoms with E-state index in [9.17, 15) is 9.59 Å². The summed E-state index contributed by atoms with van der Waals surface area (Å²) in [6.45, 7) is 5.62. The van der Waals surface area contributed by atoms with Crippen LogP contribution >= 0.6 is 11.8 Å². The minimum absolute atomic E-state index is 0.0575. The lowest BCUT2D eigenvalue weighted by molar-refractivity contribution is -0.138. The van der Waals surface area contributed by atoms with Gasteiger partial charge in [-0.2, -0.15) is 0 Å². The first kappa shape index (κ1) is 20.5. The standard InChI is InChI=1S/C23H28N2O2S/c1-16-9-13-20(14-10-16)23-25(18(3)26)21(15-28-23)22(27)24-17(2)11-12-19-7-5-4-6-8-19/h4-10,13-14,17,21,23H,11-12,15H2,1-3H3,(H,24,27). The second-order valence-electron chi connectivity index (χ2n) is 7.47. The third kappa shape index (κ3) is 4.96. The number of benzene rings is 2. The van der Waals surface area contributed by atoms with E-state index in [1.807, 2.05) is 56.3 Å². The summed E-state index contributed by atoms with van der Waals surface area (Å²) in [6, 6.07) is 18.1. The predicted octanol–water partition coefficient (Wildman–Crippen LogP) is 4.10. The second kappa shape index (κ2) is 9.28. The van der Waals surface area contributed by atoms with Crippen molar-refractivity contribution in [1.29, 1.82) is 0 Å². The number of hydrogen-bond donors (Lipinski definition) is 1. The van der Waals surface area contributed by atoms with Gasteiger partial charge in [0.05, 0.1) is 0 Å². The number of hydrogen-bond acceptors (Lipinski definition) is 3. The predicted molar refractivity (Wildman–Crippen MR) is 115 cm³/mol. The Kier molecular flexibility index (Phi) is 6.79. The zero-order chi connectivity index (χ0) is 20.1. The summed E-state index contributed by atoms with van der Waals surface area (Å²) >= 11 is 1.66. The average molecular weight is 397 g/mol. The third-order valence-electron chi connectivity index (χ3n) is 5.13. The largest absolute Gasteiger partial charge is 0.352 e. The minimum atomic E-state index is -0.423. The minimum Gasteiger partial charge on any atom is -0.352 e. The molecule has 1 saturated heterocycles. The van der Waals surface area contributed by atoms with Gasteiger partial charge in [-0.1, -0.05) is 60.2 Å². The van der Waals surface area contributed by atoms with Crippen LogP contribution in [0, 0.1) is 6.92 Å². The summed E-state index contributed by atoms with van der Waals surface area (Å²) in [5.74, 6) is 0.501. The first-order chi connectivity index (χ1) is 13.5. The number of carbonyl (C=O) groups is 2. The molecule has 1 aliphatic heterocycles. The maximum absolute atomic E-state index is 12.9. The number of nitrogens with one attached hydrogen (secondary N) is 1. The van der Waals surface area contributed by atoms with E-state index >= 15 is 0 Å². The molecule has 0 aliphatic carbocycles. The van der Waals surface area contributed by atoms with E-state index in [-0.39, 0.29) is 23.2 Å². The normalized spacial score (nSPS) is 20.0. The Bertz CT molecular complexity index is 807. The van der Waals surface area contributed by atoms with Crippen LogP contribution in [0.25, 0.3) is 0 Å². The van der Waals surface area contributed by atoms with Crippen LogP contribution in [0.2, 0.25) is 0 Å². The lowest BCUT2D eigenvalue weighted by Crippen LogP contribution is -2.49. The van der Waals surface area contributed by atoms with E-state index in [1.54, 1.807) is 23.6 Å². The van der Waals surface area contributed by atoms with Gasteiger partial charge in [0, 0.05) is 18.7 Å². The van der Waals surface area contributed by atoms with Crippen LogP contribution in [0.5, 0.6) is 0 Å². The molecule has 2 aromatic rings. The van der Waals surface area contributed by atoms with Gasteiger partial charge >= 0.3 is 0 Å². The molecule has 0 saturated carbocycles. The molecule has 28 heavy (non-hydrogen) atoms. The van der Waals surface area contributed by atoms with Gasteiger partial charge in [0.25, 0.3) is 0 Å². The van der Waals surface area contributed by atoms with E-state index in [2.05, 4.69) is 17.4 Å². The summed E-state index contributed by atoms with van der Waals surface area (Å²) in [6.07, 6.45) is 1.79. The van der Waals surface area contributed by atoms with Crippen LogP contribution in [0.1, 0.15) is 42.3 Å². The van der Waals surface area contributed by atoms with Crippen molar-refractivity contribution in [3.63, 3.8) is 0 Å². The molecule has 2 amide bonds. The fraction of sp³-hybridized carbons (Fsp3) is 0.391. The molecular weight excluding hydrogens is 368 g/mol. The van der Waals surface area contributed by atoms with Crippen molar-refractivity contribution in [3.8, 4) is 0 Å². The van der Waals surface area contributed by atoms with Gasteiger partial charge in [0.2, 0.25) is 11.8 Å². The fourth-order valence-corrected chi connectivity index (χ4v) is 5.00. The van der Waals surface area contributed by atoms with Crippen molar-refractivity contribution < 1.29 is 9.59 Å². The Morgan fingerprint density at radius 3 is 2.46 bits per heavy atom. The molecule has 0 spiro atoms. The molecule has 5 heteroatoms. The number of nitrogens with zero attached hydrogens (tertiary/aromatic N) is 1. The van der Waals surface area contributed by atoms with Crippen molar-refractivity contribution >= 4 is 23.6 Å². The fourth-order valence-electron chi connectivity index (χ4n) is 3.52. The lowest BCUT2D eigenvalue weighted by Gasteiger charge is -2.29. The molecule has 1 heterocycles. The summed E-state index contributed by atoms with van der Waals surface area (Å²) in [5, 5.41) is 3.01. The van der Waals surface area contributed by atoms with Crippen LogP contribution in [0.4, 0.5) is 0 Å². The van der Waals surface area contributed by atoms with E-state index in [1.165, 1.54) is 11.1 Å². The molecule has 3 unspecified atom stereocenters. The monoisotopic (exact) mass is 396 g/mol. The summed E-state index contributed by atoms with van der Waals surface area (Å²) in [7, 11) is 0. The number of carbonyl (C=O) groups excluding carboxylic acids is 2. The first-order valence-electron chi connectivity index (χ1n) is 9.77. The number of thioether (sulfide) groups is 1. The maximum atomic E-state index is 12.9. The molecule has 1 N–H and O–H groups in total. The smallest absolute Gasteiger partial charge is 0.243 e. The van der Waals surface area contributed by atoms with Crippen LogP contribution in [0.3, 0.4) is 0 Å². The lowest BCUT2D eigenvalue weighted by atomic mass is 10.1. The molecule has 0 bridgehead atoms. The van der Waals surface area contributed by atoms with Gasteiger partial charge in [-0.15, -0.1) is 11.8 Å². The van der Waals surface area contributed by atoms with Gasteiger partial charge in [-0.05, 0) is 37.8 Å². The van der Waals surface area contributed by atoms with Crippen LogP contribution in [0.15, 0.2) is 54.6 Å². The van der Waals surface area contributed by atoms with Crippen LogP contribution in [-0.2, 0) is 16.0 Å². The Morgan fingerprint density at radius 2 is 1.82 bits per heavy atom. The van der Waals surface area contributed by atoms with E-state index in [4.69, 9.17) is 0 Å². The number of amides is 2. The molecule has 4 nitrogen and oxygen atoms in total. The van der Waals surface area contributed by atoms with Crippen molar-refractivity contribution in [2.75, 3.05) is 5.75 Å². The van der Waals surface area contributed by atoms with E-state index in [0.717, 1.165) is 18.4 Å². The summed E-state index contributed by atoms with van der Waals surface area (Å²) in [5.41, 5.74) is 3.52. The molecule has 0 radical (unpaired) electrons. The van der Waals surface area contributed by atoms with Crippen molar-refractivity contribution in [2.45, 2.75) is 51.1 Å². The average Bonchev–Trinajstić information content (AvgIpc) is 3.13. The third-order valence-corrected chi connectivity index (χ3v) is 6.45. The van der Waals surface area contributed by atoms with Crippen LogP contribution < -0.4 is 5.32 Å². The van der Waals surface area contributed by atoms with Crippen LogP contribution in [-0.4, -0.2) is 34.6 Å². The highest BCUT2D eigenvalue weighted by Gasteiger charge is 2.41. The molecule has 2 aromatic carbocycles.